The standard InChI is InChI=1S/C26H29N3O3/c30-25(19-29-15-13-28(14-16-29)18-20-7-2-1-3-8-20)27-24(26(31)32)17-22-11-6-10-21-9-4-5-12-23(21)22/h1-12,24H,13-19H2,(H,27,30)(H,31,32)/t24-/m0/s1. The number of benzene rings is 3. The van der Waals surface area contributed by atoms with Crippen molar-refractivity contribution in [2.45, 2.75) is 19.0 Å². The minimum Gasteiger partial charge on any atom is -0.480 e. The second-order valence-corrected chi connectivity index (χ2v) is 8.34. The molecule has 0 spiro atoms. The number of nitrogens with zero attached hydrogens (tertiary/aromatic N) is 2. The number of amides is 1. The van der Waals surface area contributed by atoms with Gasteiger partial charge in [0.2, 0.25) is 5.91 Å². The molecule has 1 fully saturated rings. The van der Waals surface area contributed by atoms with Gasteiger partial charge in [0.1, 0.15) is 6.04 Å². The van der Waals surface area contributed by atoms with E-state index >= 15 is 0 Å². The second kappa shape index (κ2) is 10.4. The summed E-state index contributed by atoms with van der Waals surface area (Å²) in [4.78, 5) is 28.9. The van der Waals surface area contributed by atoms with Crippen molar-refractivity contribution in [3.05, 3.63) is 83.9 Å². The minimum atomic E-state index is -1.01. The van der Waals surface area contributed by atoms with Crippen LogP contribution in [0.4, 0.5) is 0 Å². The molecule has 4 rings (SSSR count). The monoisotopic (exact) mass is 431 g/mol. The summed E-state index contributed by atoms with van der Waals surface area (Å²) in [5.41, 5.74) is 2.21. The molecular weight excluding hydrogens is 402 g/mol. The van der Waals surface area contributed by atoms with Gasteiger partial charge in [0.15, 0.2) is 0 Å². The maximum Gasteiger partial charge on any atom is 0.326 e. The predicted octanol–water partition coefficient (Wildman–Crippen LogP) is 2.77. The molecule has 1 atom stereocenters. The summed E-state index contributed by atoms with van der Waals surface area (Å²) >= 11 is 0. The maximum absolute atomic E-state index is 12.6. The van der Waals surface area contributed by atoms with Crippen LogP contribution < -0.4 is 5.32 Å². The summed E-state index contributed by atoms with van der Waals surface area (Å²) < 4.78 is 0. The first-order valence-corrected chi connectivity index (χ1v) is 11.1. The number of carboxylic acids is 1. The third-order valence-electron chi connectivity index (χ3n) is 6.02. The number of carbonyl (C=O) groups is 2. The van der Waals surface area contributed by atoms with E-state index in [1.807, 2.05) is 60.7 Å². The van der Waals surface area contributed by atoms with Crippen LogP contribution in [-0.2, 0) is 22.6 Å². The third kappa shape index (κ3) is 5.72. The van der Waals surface area contributed by atoms with E-state index in [-0.39, 0.29) is 18.9 Å². The molecule has 0 unspecified atom stereocenters. The number of piperazine rings is 1. The third-order valence-corrected chi connectivity index (χ3v) is 6.02. The summed E-state index contributed by atoms with van der Waals surface area (Å²) in [5.74, 6) is -1.26. The first-order chi connectivity index (χ1) is 15.6. The van der Waals surface area contributed by atoms with E-state index in [9.17, 15) is 14.7 Å². The van der Waals surface area contributed by atoms with Crippen LogP contribution in [0.5, 0.6) is 0 Å². The molecule has 1 saturated heterocycles. The highest BCUT2D eigenvalue weighted by Gasteiger charge is 2.24. The van der Waals surface area contributed by atoms with Crippen LogP contribution in [0.1, 0.15) is 11.1 Å². The zero-order valence-electron chi connectivity index (χ0n) is 18.1. The Morgan fingerprint density at radius 1 is 0.844 bits per heavy atom. The van der Waals surface area contributed by atoms with Crippen molar-refractivity contribution in [3.63, 3.8) is 0 Å². The molecule has 3 aromatic rings. The number of hydrogen-bond acceptors (Lipinski definition) is 4. The molecule has 0 aliphatic carbocycles. The van der Waals surface area contributed by atoms with E-state index in [1.54, 1.807) is 0 Å². The Hall–Kier alpha value is -3.22. The molecule has 1 heterocycles. The quantitative estimate of drug-likeness (QED) is 0.574. The smallest absolute Gasteiger partial charge is 0.326 e. The molecule has 1 aliphatic rings. The summed E-state index contributed by atoms with van der Waals surface area (Å²) in [5, 5.41) is 14.5. The summed E-state index contributed by atoms with van der Waals surface area (Å²) in [6.45, 7) is 4.50. The highest BCUT2D eigenvalue weighted by Crippen LogP contribution is 2.20. The first-order valence-electron chi connectivity index (χ1n) is 11.1. The van der Waals surface area contributed by atoms with E-state index in [4.69, 9.17) is 0 Å². The zero-order valence-corrected chi connectivity index (χ0v) is 18.1. The van der Waals surface area contributed by atoms with Gasteiger partial charge >= 0.3 is 5.97 Å². The molecule has 32 heavy (non-hydrogen) atoms. The largest absolute Gasteiger partial charge is 0.480 e. The van der Waals surface area contributed by atoms with Gasteiger partial charge in [0, 0.05) is 39.1 Å². The lowest BCUT2D eigenvalue weighted by atomic mass is 9.99. The van der Waals surface area contributed by atoms with Crippen LogP contribution in [0.3, 0.4) is 0 Å². The molecule has 0 saturated carbocycles. The maximum atomic E-state index is 12.6. The predicted molar refractivity (Wildman–Crippen MR) is 125 cm³/mol. The number of aliphatic carboxylic acids is 1. The van der Waals surface area contributed by atoms with Crippen LogP contribution in [0.25, 0.3) is 10.8 Å². The molecule has 6 nitrogen and oxygen atoms in total. The van der Waals surface area contributed by atoms with Gasteiger partial charge in [-0.25, -0.2) is 4.79 Å². The first kappa shape index (κ1) is 22.0. The molecule has 0 radical (unpaired) electrons. The van der Waals surface area contributed by atoms with E-state index in [2.05, 4.69) is 27.2 Å². The van der Waals surface area contributed by atoms with Crippen LogP contribution in [0.15, 0.2) is 72.8 Å². The average Bonchev–Trinajstić information content (AvgIpc) is 2.81. The van der Waals surface area contributed by atoms with Crippen molar-refractivity contribution in [2.24, 2.45) is 0 Å². The molecule has 166 valence electrons. The number of nitrogens with one attached hydrogen (secondary N) is 1. The van der Waals surface area contributed by atoms with Crippen LogP contribution >= 0.6 is 0 Å². The Morgan fingerprint density at radius 3 is 2.25 bits per heavy atom. The summed E-state index contributed by atoms with van der Waals surface area (Å²) in [7, 11) is 0. The molecular formula is C26H29N3O3. The van der Waals surface area contributed by atoms with Gasteiger partial charge < -0.3 is 10.4 Å². The minimum absolute atomic E-state index is 0.221. The van der Waals surface area contributed by atoms with Gasteiger partial charge in [-0.15, -0.1) is 0 Å². The molecule has 2 N–H and O–H groups in total. The second-order valence-electron chi connectivity index (χ2n) is 8.34. The summed E-state index contributed by atoms with van der Waals surface area (Å²) in [6, 6.07) is 23.2. The Labute approximate surface area is 188 Å². The van der Waals surface area contributed by atoms with Crippen molar-refractivity contribution in [1.29, 1.82) is 0 Å². The topological polar surface area (TPSA) is 72.9 Å². The molecule has 0 aromatic heterocycles. The lowest BCUT2D eigenvalue weighted by molar-refractivity contribution is -0.142. The van der Waals surface area contributed by atoms with Gasteiger partial charge in [0.25, 0.3) is 0 Å². The normalized spacial score (nSPS) is 16.0. The molecule has 1 aliphatic heterocycles. The Balaban J connectivity index is 1.30. The Bertz CT molecular complexity index is 1060. The van der Waals surface area contributed by atoms with Crippen molar-refractivity contribution < 1.29 is 14.7 Å². The molecule has 0 bridgehead atoms. The van der Waals surface area contributed by atoms with Crippen molar-refractivity contribution in [1.82, 2.24) is 15.1 Å². The fourth-order valence-electron chi connectivity index (χ4n) is 4.28. The van der Waals surface area contributed by atoms with E-state index in [0.717, 1.165) is 49.1 Å². The number of carboxylic acid groups (broad SMARTS) is 1. The Kier molecular flexibility index (Phi) is 7.14. The fourth-order valence-corrected chi connectivity index (χ4v) is 4.28. The van der Waals surface area contributed by atoms with Gasteiger partial charge in [0.05, 0.1) is 6.54 Å². The van der Waals surface area contributed by atoms with E-state index < -0.39 is 12.0 Å². The van der Waals surface area contributed by atoms with Gasteiger partial charge in [-0.1, -0.05) is 72.8 Å². The van der Waals surface area contributed by atoms with Crippen LogP contribution in [-0.4, -0.2) is 65.5 Å². The zero-order chi connectivity index (χ0) is 22.3. The SMILES string of the molecule is O=C(CN1CCN(Cc2ccccc2)CC1)N[C@@H](Cc1cccc2ccccc12)C(=O)O. The lowest BCUT2D eigenvalue weighted by Crippen LogP contribution is -2.51. The molecule has 6 heteroatoms. The Morgan fingerprint density at radius 2 is 1.50 bits per heavy atom. The van der Waals surface area contributed by atoms with Crippen molar-refractivity contribution in [2.75, 3.05) is 32.7 Å². The van der Waals surface area contributed by atoms with Crippen LogP contribution in [0.2, 0.25) is 0 Å². The van der Waals surface area contributed by atoms with Crippen molar-refractivity contribution in [3.8, 4) is 0 Å². The molecule has 3 aromatic carbocycles. The number of carbonyl (C=O) groups excluding carboxylic acids is 1. The fraction of sp³-hybridized carbons (Fsp3) is 0.308. The van der Waals surface area contributed by atoms with E-state index in [1.165, 1.54) is 5.56 Å². The number of fused-ring (bicyclic) bond motifs is 1. The average molecular weight is 432 g/mol. The van der Waals surface area contributed by atoms with Crippen LogP contribution in [0, 0.1) is 0 Å². The van der Waals surface area contributed by atoms with Gasteiger partial charge in [-0.2, -0.15) is 0 Å². The van der Waals surface area contributed by atoms with Gasteiger partial charge in [-0.3, -0.25) is 14.6 Å². The highest BCUT2D eigenvalue weighted by molar-refractivity contribution is 5.88. The van der Waals surface area contributed by atoms with Gasteiger partial charge in [-0.05, 0) is 21.9 Å². The number of rotatable bonds is 8. The number of hydrogen-bond donors (Lipinski definition) is 2. The molecule has 1 amide bonds. The summed E-state index contributed by atoms with van der Waals surface area (Å²) in [6.07, 6.45) is 0.257. The van der Waals surface area contributed by atoms with Crippen molar-refractivity contribution >= 4 is 22.6 Å². The van der Waals surface area contributed by atoms with E-state index in [0.29, 0.717) is 0 Å². The highest BCUT2D eigenvalue weighted by atomic mass is 16.4. The lowest BCUT2D eigenvalue weighted by Gasteiger charge is -2.34.